The number of rotatable bonds is 5. The topological polar surface area (TPSA) is 67.4 Å². The number of aromatic nitrogens is 6. The molecule has 0 unspecified atom stereocenters. The molecule has 138 valence electrons. The summed E-state index contributed by atoms with van der Waals surface area (Å²) >= 11 is 0. The Bertz CT molecular complexity index is 870. The molecule has 0 amide bonds. The van der Waals surface area contributed by atoms with Crippen LogP contribution in [0.5, 0.6) is 0 Å². The molecule has 0 saturated carbocycles. The van der Waals surface area contributed by atoms with Crippen LogP contribution in [0.15, 0.2) is 30.9 Å². The molecule has 1 saturated heterocycles. The van der Waals surface area contributed by atoms with Crippen molar-refractivity contribution in [1.82, 2.24) is 34.3 Å². The smallest absolute Gasteiger partial charge is 0.178 e. The molecule has 8 nitrogen and oxygen atoms in total. The van der Waals surface area contributed by atoms with Gasteiger partial charge in [-0.25, -0.2) is 4.98 Å². The fourth-order valence-corrected chi connectivity index (χ4v) is 3.21. The highest BCUT2D eigenvalue weighted by Crippen LogP contribution is 2.24. The van der Waals surface area contributed by atoms with Gasteiger partial charge in [0.1, 0.15) is 5.82 Å². The van der Waals surface area contributed by atoms with Gasteiger partial charge < -0.3 is 9.47 Å². The Hall–Kier alpha value is -2.48. The van der Waals surface area contributed by atoms with Crippen molar-refractivity contribution in [2.75, 3.05) is 31.6 Å². The van der Waals surface area contributed by atoms with E-state index in [1.54, 1.807) is 0 Å². The molecular weight excluding hydrogens is 328 g/mol. The average molecular weight is 354 g/mol. The van der Waals surface area contributed by atoms with Gasteiger partial charge in [0, 0.05) is 50.0 Å². The molecule has 0 atom stereocenters. The minimum Gasteiger partial charge on any atom is -0.352 e. The summed E-state index contributed by atoms with van der Waals surface area (Å²) < 4.78 is 3.99. The summed E-state index contributed by atoms with van der Waals surface area (Å²) in [6.45, 7) is 10.4. The molecule has 4 rings (SSSR count). The molecule has 0 N–H and O–H groups in total. The van der Waals surface area contributed by atoms with E-state index in [4.69, 9.17) is 5.10 Å². The average Bonchev–Trinajstić information content (AvgIpc) is 3.20. The first-order chi connectivity index (χ1) is 12.4. The van der Waals surface area contributed by atoms with E-state index in [0.29, 0.717) is 6.04 Å². The van der Waals surface area contributed by atoms with E-state index in [-0.39, 0.29) is 5.41 Å². The van der Waals surface area contributed by atoms with Crippen LogP contribution in [0.4, 0.5) is 5.82 Å². The monoisotopic (exact) mass is 354 g/mol. The molecule has 0 aromatic carbocycles. The second kappa shape index (κ2) is 6.35. The van der Waals surface area contributed by atoms with Crippen molar-refractivity contribution < 1.29 is 0 Å². The zero-order valence-electron chi connectivity index (χ0n) is 15.9. The first-order valence-corrected chi connectivity index (χ1v) is 9.06. The summed E-state index contributed by atoms with van der Waals surface area (Å²) in [6.07, 6.45) is 5.70. The Labute approximate surface area is 153 Å². The van der Waals surface area contributed by atoms with Gasteiger partial charge in [0.25, 0.3) is 0 Å². The Balaban J connectivity index is 1.40. The summed E-state index contributed by atoms with van der Waals surface area (Å²) in [4.78, 5) is 8.81. The molecule has 26 heavy (non-hydrogen) atoms. The third kappa shape index (κ3) is 3.16. The number of hydrogen-bond donors (Lipinski definition) is 0. The van der Waals surface area contributed by atoms with E-state index >= 15 is 0 Å². The van der Waals surface area contributed by atoms with Crippen molar-refractivity contribution in [2.45, 2.75) is 38.8 Å². The Kier molecular flexibility index (Phi) is 4.14. The highest BCUT2D eigenvalue weighted by molar-refractivity contribution is 5.48. The predicted molar refractivity (Wildman–Crippen MR) is 100 cm³/mol. The molecule has 0 aliphatic carbocycles. The van der Waals surface area contributed by atoms with Crippen molar-refractivity contribution in [2.24, 2.45) is 0 Å². The molecule has 0 spiro atoms. The van der Waals surface area contributed by atoms with Crippen LogP contribution in [0.3, 0.4) is 0 Å². The number of hydrogen-bond acceptors (Lipinski definition) is 6. The highest BCUT2D eigenvalue weighted by Gasteiger charge is 2.31. The molecule has 1 fully saturated rings. The van der Waals surface area contributed by atoms with E-state index < -0.39 is 0 Å². The molecule has 3 aromatic heterocycles. The first kappa shape index (κ1) is 17.0. The van der Waals surface area contributed by atoms with Gasteiger partial charge in [-0.05, 0) is 19.2 Å². The quantitative estimate of drug-likeness (QED) is 0.691. The van der Waals surface area contributed by atoms with Gasteiger partial charge in [-0.1, -0.05) is 20.8 Å². The van der Waals surface area contributed by atoms with Crippen molar-refractivity contribution in [1.29, 1.82) is 0 Å². The normalized spacial score (nSPS) is 15.8. The van der Waals surface area contributed by atoms with Crippen LogP contribution >= 0.6 is 0 Å². The summed E-state index contributed by atoms with van der Waals surface area (Å²) in [6, 6.07) is 4.60. The molecule has 4 heterocycles. The van der Waals surface area contributed by atoms with E-state index in [2.05, 4.69) is 57.4 Å². The van der Waals surface area contributed by atoms with E-state index in [1.165, 1.54) is 0 Å². The van der Waals surface area contributed by atoms with E-state index in [1.807, 2.05) is 35.4 Å². The van der Waals surface area contributed by atoms with Gasteiger partial charge >= 0.3 is 0 Å². The van der Waals surface area contributed by atoms with E-state index in [9.17, 15) is 0 Å². The fraction of sp³-hybridized carbons (Fsp3) is 0.556. The van der Waals surface area contributed by atoms with Crippen LogP contribution in [-0.4, -0.2) is 67.0 Å². The number of anilines is 1. The maximum atomic E-state index is 4.79. The number of likely N-dealkylation sites (N-methyl/N-ethyl adjacent to an activating group) is 1. The van der Waals surface area contributed by atoms with Crippen LogP contribution in [0.25, 0.3) is 5.65 Å². The molecule has 0 bridgehead atoms. The minimum atomic E-state index is -0.0872. The zero-order valence-corrected chi connectivity index (χ0v) is 15.9. The van der Waals surface area contributed by atoms with Crippen molar-refractivity contribution in [3.63, 3.8) is 0 Å². The fourth-order valence-electron chi connectivity index (χ4n) is 3.21. The van der Waals surface area contributed by atoms with Gasteiger partial charge in [0.05, 0.1) is 6.33 Å². The van der Waals surface area contributed by atoms with Gasteiger partial charge in [0.15, 0.2) is 11.5 Å². The lowest BCUT2D eigenvalue weighted by molar-refractivity contribution is 0.197. The Morgan fingerprint density at radius 1 is 1.19 bits per heavy atom. The lowest BCUT2D eigenvalue weighted by atomic mass is 9.96. The number of imidazole rings is 1. The standard InChI is InChI=1S/C18H26N8/c1-18(2,3)17-21-20-15-5-6-16(22-26(15)17)25-11-14(12-25)23(4)9-10-24-8-7-19-13-24/h5-8,13-14H,9-12H2,1-4H3. The molecule has 8 heteroatoms. The molecular formula is C18H26N8. The SMILES string of the molecule is CN(CCn1ccnc1)C1CN(c2ccc3nnc(C(C)(C)C)n3n2)C1. The lowest BCUT2D eigenvalue weighted by Crippen LogP contribution is -2.59. The predicted octanol–water partition coefficient (Wildman–Crippen LogP) is 1.44. The molecule has 3 aromatic rings. The van der Waals surface area contributed by atoms with Crippen LogP contribution < -0.4 is 4.90 Å². The molecule has 1 aliphatic heterocycles. The minimum absolute atomic E-state index is 0.0872. The van der Waals surface area contributed by atoms with Gasteiger partial charge in [0.2, 0.25) is 0 Å². The number of fused-ring (bicyclic) bond motifs is 1. The maximum absolute atomic E-state index is 4.79. The van der Waals surface area contributed by atoms with Crippen LogP contribution in [0.2, 0.25) is 0 Å². The first-order valence-electron chi connectivity index (χ1n) is 9.06. The number of nitrogens with zero attached hydrogens (tertiary/aromatic N) is 8. The zero-order chi connectivity index (χ0) is 18.3. The second-order valence-corrected chi connectivity index (χ2v) is 8.08. The van der Waals surface area contributed by atoms with Gasteiger partial charge in [-0.2, -0.15) is 4.52 Å². The van der Waals surface area contributed by atoms with Crippen molar-refractivity contribution in [3.8, 4) is 0 Å². The van der Waals surface area contributed by atoms with Gasteiger partial charge in [-0.3, -0.25) is 4.90 Å². The van der Waals surface area contributed by atoms with Gasteiger partial charge in [-0.15, -0.1) is 15.3 Å². The second-order valence-electron chi connectivity index (χ2n) is 8.08. The maximum Gasteiger partial charge on any atom is 0.178 e. The molecule has 0 radical (unpaired) electrons. The highest BCUT2D eigenvalue weighted by atomic mass is 15.4. The summed E-state index contributed by atoms with van der Waals surface area (Å²) in [5, 5.41) is 13.3. The van der Waals surface area contributed by atoms with Crippen LogP contribution in [0.1, 0.15) is 26.6 Å². The Morgan fingerprint density at radius 3 is 2.69 bits per heavy atom. The third-order valence-corrected chi connectivity index (χ3v) is 5.00. The third-order valence-electron chi connectivity index (χ3n) is 5.00. The molecule has 1 aliphatic rings. The lowest BCUT2D eigenvalue weighted by Gasteiger charge is -2.44. The Morgan fingerprint density at radius 2 is 2.00 bits per heavy atom. The van der Waals surface area contributed by atoms with E-state index in [0.717, 1.165) is 43.5 Å². The summed E-state index contributed by atoms with van der Waals surface area (Å²) in [5.41, 5.74) is 0.712. The van der Waals surface area contributed by atoms with Crippen molar-refractivity contribution >= 4 is 11.5 Å². The summed E-state index contributed by atoms with van der Waals surface area (Å²) in [7, 11) is 2.19. The largest absolute Gasteiger partial charge is 0.352 e. The van der Waals surface area contributed by atoms with Crippen molar-refractivity contribution in [3.05, 3.63) is 36.7 Å². The summed E-state index contributed by atoms with van der Waals surface area (Å²) in [5.74, 6) is 1.88. The van der Waals surface area contributed by atoms with Crippen LogP contribution in [0, 0.1) is 0 Å². The van der Waals surface area contributed by atoms with Crippen LogP contribution in [-0.2, 0) is 12.0 Å².